The highest BCUT2D eigenvalue weighted by Crippen LogP contribution is 2.28. The summed E-state index contributed by atoms with van der Waals surface area (Å²) in [6, 6.07) is 12.3. The van der Waals surface area contributed by atoms with Gasteiger partial charge in [0, 0.05) is 19.5 Å². The quantitative estimate of drug-likeness (QED) is 0.828. The van der Waals surface area contributed by atoms with E-state index in [1.165, 1.54) is 11.0 Å². The number of hydrogen-bond donors (Lipinski definition) is 1. The third kappa shape index (κ3) is 4.68. The summed E-state index contributed by atoms with van der Waals surface area (Å²) in [7, 11) is 0. The molecule has 1 N–H and O–H groups in total. The third-order valence-electron chi connectivity index (χ3n) is 4.65. The van der Waals surface area contributed by atoms with Crippen LogP contribution in [0.25, 0.3) is 0 Å². The molecule has 1 saturated heterocycles. The van der Waals surface area contributed by atoms with Gasteiger partial charge < -0.3 is 15.0 Å². The first kappa shape index (κ1) is 19.9. The van der Waals surface area contributed by atoms with Crippen molar-refractivity contribution in [3.05, 3.63) is 59.4 Å². The van der Waals surface area contributed by atoms with Crippen LogP contribution < -0.4 is 15.0 Å². The summed E-state index contributed by atoms with van der Waals surface area (Å²) in [5.41, 5.74) is 1.95. The van der Waals surface area contributed by atoms with Crippen molar-refractivity contribution < 1.29 is 18.7 Å². The van der Waals surface area contributed by atoms with E-state index in [1.54, 1.807) is 19.1 Å². The minimum absolute atomic E-state index is 0.0836. The first-order valence-electron chi connectivity index (χ1n) is 9.43. The molecule has 1 heterocycles. The molecule has 0 aromatic heterocycles. The monoisotopic (exact) mass is 384 g/mol. The summed E-state index contributed by atoms with van der Waals surface area (Å²) in [6.07, 6.45) is 0.187. The smallest absolute Gasteiger partial charge is 0.227 e. The number of ether oxygens (including phenoxy) is 1. The molecular formula is C22H25FN2O3. The molecule has 1 atom stereocenters. The molecule has 1 aliphatic rings. The Hall–Kier alpha value is -2.89. The number of aryl methyl sites for hydroxylation is 1. The van der Waals surface area contributed by atoms with Crippen molar-refractivity contribution in [1.82, 2.24) is 5.32 Å². The van der Waals surface area contributed by atoms with Crippen LogP contribution >= 0.6 is 0 Å². The van der Waals surface area contributed by atoms with Gasteiger partial charge in [-0.15, -0.1) is 0 Å². The van der Waals surface area contributed by atoms with Gasteiger partial charge in [-0.2, -0.15) is 0 Å². The van der Waals surface area contributed by atoms with Crippen molar-refractivity contribution in [3.8, 4) is 5.75 Å². The number of benzene rings is 2. The lowest BCUT2D eigenvalue weighted by Crippen LogP contribution is -2.32. The van der Waals surface area contributed by atoms with E-state index < -0.39 is 11.7 Å². The number of anilines is 1. The second-order valence-electron chi connectivity index (χ2n) is 7.39. The highest BCUT2D eigenvalue weighted by atomic mass is 19.1. The third-order valence-corrected chi connectivity index (χ3v) is 4.65. The average Bonchev–Trinajstić information content (AvgIpc) is 3.02. The molecule has 6 heteroatoms. The summed E-state index contributed by atoms with van der Waals surface area (Å²) < 4.78 is 19.8. The summed E-state index contributed by atoms with van der Waals surface area (Å²) in [4.78, 5) is 26.1. The maximum atomic E-state index is 14.2. The molecule has 0 bridgehead atoms. The summed E-state index contributed by atoms with van der Waals surface area (Å²) in [6.45, 7) is 6.26. The lowest BCUT2D eigenvalue weighted by molar-refractivity contribution is -0.126. The zero-order valence-electron chi connectivity index (χ0n) is 16.4. The van der Waals surface area contributed by atoms with Gasteiger partial charge in [-0.25, -0.2) is 4.39 Å². The lowest BCUT2D eigenvalue weighted by atomic mass is 10.1. The van der Waals surface area contributed by atoms with Gasteiger partial charge >= 0.3 is 0 Å². The van der Waals surface area contributed by atoms with Crippen LogP contribution in [0.15, 0.2) is 42.5 Å². The van der Waals surface area contributed by atoms with Crippen LogP contribution in [0.1, 0.15) is 31.4 Å². The van der Waals surface area contributed by atoms with Crippen LogP contribution in [-0.4, -0.2) is 24.5 Å². The molecule has 0 saturated carbocycles. The van der Waals surface area contributed by atoms with Crippen molar-refractivity contribution in [1.29, 1.82) is 0 Å². The SMILES string of the molecule is Cc1ccc(N2CC(C(=O)NCc3ccc(OC(C)C)cc3)CC2=O)c(F)c1. The van der Waals surface area contributed by atoms with Crippen LogP contribution in [0, 0.1) is 18.7 Å². The van der Waals surface area contributed by atoms with Crippen LogP contribution in [0.4, 0.5) is 10.1 Å². The first-order valence-corrected chi connectivity index (χ1v) is 9.43. The fraction of sp³-hybridized carbons (Fsp3) is 0.364. The molecule has 3 rings (SSSR count). The Balaban J connectivity index is 1.57. The largest absolute Gasteiger partial charge is 0.491 e. The minimum Gasteiger partial charge on any atom is -0.491 e. The maximum Gasteiger partial charge on any atom is 0.227 e. The van der Waals surface area contributed by atoms with Crippen molar-refractivity contribution in [3.63, 3.8) is 0 Å². The van der Waals surface area contributed by atoms with Gasteiger partial charge in [0.15, 0.2) is 0 Å². The molecule has 2 aromatic rings. The second kappa shape index (κ2) is 8.42. The molecule has 1 unspecified atom stereocenters. The van der Waals surface area contributed by atoms with E-state index in [0.29, 0.717) is 6.54 Å². The molecule has 148 valence electrons. The zero-order valence-corrected chi connectivity index (χ0v) is 16.4. The fourth-order valence-electron chi connectivity index (χ4n) is 3.24. The lowest BCUT2D eigenvalue weighted by Gasteiger charge is -2.18. The van der Waals surface area contributed by atoms with Gasteiger partial charge in [0.25, 0.3) is 0 Å². The summed E-state index contributed by atoms with van der Waals surface area (Å²) in [5.74, 6) is -0.596. The van der Waals surface area contributed by atoms with Gasteiger partial charge in [0.2, 0.25) is 11.8 Å². The van der Waals surface area contributed by atoms with Gasteiger partial charge in [-0.05, 0) is 56.2 Å². The predicted octanol–water partition coefficient (Wildman–Crippen LogP) is 3.59. The van der Waals surface area contributed by atoms with Crippen LogP contribution in [0.3, 0.4) is 0 Å². The number of rotatable bonds is 6. The Morgan fingerprint density at radius 3 is 2.61 bits per heavy atom. The summed E-state index contributed by atoms with van der Waals surface area (Å²) in [5, 5.41) is 2.87. The van der Waals surface area contributed by atoms with Crippen molar-refractivity contribution in [2.24, 2.45) is 5.92 Å². The molecule has 28 heavy (non-hydrogen) atoms. The van der Waals surface area contributed by atoms with Crippen LogP contribution in [0.2, 0.25) is 0 Å². The zero-order chi connectivity index (χ0) is 20.3. The number of carbonyl (C=O) groups excluding carboxylic acids is 2. The highest BCUT2D eigenvalue weighted by Gasteiger charge is 2.36. The Kier molecular flexibility index (Phi) is 5.97. The second-order valence-corrected chi connectivity index (χ2v) is 7.39. The van der Waals surface area contributed by atoms with Crippen molar-refractivity contribution in [2.45, 2.75) is 39.8 Å². The normalized spacial score (nSPS) is 16.5. The molecule has 2 aromatic carbocycles. The van der Waals surface area contributed by atoms with Gasteiger partial charge in [0.05, 0.1) is 17.7 Å². The van der Waals surface area contributed by atoms with Gasteiger partial charge in [-0.3, -0.25) is 9.59 Å². The molecule has 0 aliphatic carbocycles. The molecule has 2 amide bonds. The average molecular weight is 384 g/mol. The van der Waals surface area contributed by atoms with E-state index in [1.807, 2.05) is 38.1 Å². The van der Waals surface area contributed by atoms with Crippen molar-refractivity contribution in [2.75, 3.05) is 11.4 Å². The highest BCUT2D eigenvalue weighted by molar-refractivity contribution is 6.00. The Bertz CT molecular complexity index is 865. The minimum atomic E-state index is -0.489. The summed E-state index contributed by atoms with van der Waals surface area (Å²) >= 11 is 0. The van der Waals surface area contributed by atoms with E-state index in [0.717, 1.165) is 16.9 Å². The number of hydrogen-bond acceptors (Lipinski definition) is 3. The molecule has 5 nitrogen and oxygen atoms in total. The molecule has 1 fully saturated rings. The topological polar surface area (TPSA) is 58.6 Å². The van der Waals surface area contributed by atoms with E-state index in [-0.39, 0.29) is 36.6 Å². The van der Waals surface area contributed by atoms with Crippen molar-refractivity contribution >= 4 is 17.5 Å². The van der Waals surface area contributed by atoms with Gasteiger partial charge in [-0.1, -0.05) is 18.2 Å². The standard InChI is InChI=1S/C22H25FN2O3/c1-14(2)28-18-7-5-16(6-8-18)12-24-22(27)17-11-21(26)25(13-17)20-9-4-15(3)10-19(20)23/h4-10,14,17H,11-13H2,1-3H3,(H,24,27). The molecule has 1 aliphatic heterocycles. The number of carbonyl (C=O) groups is 2. The number of nitrogens with one attached hydrogen (secondary N) is 1. The Morgan fingerprint density at radius 2 is 1.96 bits per heavy atom. The maximum absolute atomic E-state index is 14.2. The van der Waals surface area contributed by atoms with E-state index in [9.17, 15) is 14.0 Å². The van der Waals surface area contributed by atoms with E-state index in [4.69, 9.17) is 4.74 Å². The number of amides is 2. The predicted molar refractivity (Wildman–Crippen MR) is 106 cm³/mol. The number of halogens is 1. The fourth-order valence-corrected chi connectivity index (χ4v) is 3.24. The molecule has 0 radical (unpaired) electrons. The van der Waals surface area contributed by atoms with E-state index in [2.05, 4.69) is 5.32 Å². The first-order chi connectivity index (χ1) is 13.3. The van der Waals surface area contributed by atoms with Gasteiger partial charge in [0.1, 0.15) is 11.6 Å². The Morgan fingerprint density at radius 1 is 1.25 bits per heavy atom. The van der Waals surface area contributed by atoms with Crippen LogP contribution in [0.5, 0.6) is 5.75 Å². The Labute approximate surface area is 164 Å². The molecule has 0 spiro atoms. The molecular weight excluding hydrogens is 359 g/mol. The van der Waals surface area contributed by atoms with E-state index >= 15 is 0 Å². The van der Waals surface area contributed by atoms with Crippen LogP contribution in [-0.2, 0) is 16.1 Å². The number of nitrogens with zero attached hydrogens (tertiary/aromatic N) is 1.